The monoisotopic (exact) mass is 391 g/mol. The predicted molar refractivity (Wildman–Crippen MR) is 113 cm³/mol. The second-order valence-electron chi connectivity index (χ2n) is 8.13. The number of aromatic amines is 1. The molecule has 0 amide bonds. The van der Waals surface area contributed by atoms with Crippen LogP contribution in [-0.4, -0.2) is 34.8 Å². The molecule has 29 heavy (non-hydrogen) atoms. The van der Waals surface area contributed by atoms with Gasteiger partial charge in [0, 0.05) is 18.0 Å². The van der Waals surface area contributed by atoms with Crippen LogP contribution in [-0.2, 0) is 0 Å². The number of phenolic OH excluding ortho intramolecular Hbond substituents is 1. The molecule has 150 valence electrons. The average Bonchev–Trinajstić information content (AvgIpc) is 3.56. The number of rotatable bonds is 5. The lowest BCUT2D eigenvalue weighted by molar-refractivity contribution is 0.299. The molecular weight excluding hydrogens is 366 g/mol. The van der Waals surface area contributed by atoms with Crippen molar-refractivity contribution in [3.8, 4) is 22.8 Å². The van der Waals surface area contributed by atoms with E-state index in [0.717, 1.165) is 36.9 Å². The van der Waals surface area contributed by atoms with Gasteiger partial charge in [-0.3, -0.25) is 4.79 Å². The first-order chi connectivity index (χ1) is 14.2. The number of H-pyrrole nitrogens is 1. The molecule has 5 rings (SSSR count). The SMILES string of the molecule is O=c1ccc2c(C3CCCNC3)cc(-c3c(O)cccc3OCC3CC3)nc2[nH]1. The minimum Gasteiger partial charge on any atom is -0.507 e. The van der Waals surface area contributed by atoms with Crippen molar-refractivity contribution in [1.82, 2.24) is 15.3 Å². The van der Waals surface area contributed by atoms with E-state index in [1.54, 1.807) is 18.2 Å². The smallest absolute Gasteiger partial charge is 0.249 e. The zero-order valence-corrected chi connectivity index (χ0v) is 16.3. The highest BCUT2D eigenvalue weighted by Gasteiger charge is 2.25. The number of hydrogen-bond acceptors (Lipinski definition) is 5. The number of phenols is 1. The summed E-state index contributed by atoms with van der Waals surface area (Å²) in [6, 6.07) is 10.8. The molecule has 0 radical (unpaired) electrons. The fraction of sp³-hybridized carbons (Fsp3) is 0.391. The number of ether oxygens (including phenoxy) is 1. The Bertz CT molecular complexity index is 1100. The lowest BCUT2D eigenvalue weighted by Crippen LogP contribution is -2.28. The quantitative estimate of drug-likeness (QED) is 0.619. The Morgan fingerprint density at radius 3 is 2.86 bits per heavy atom. The summed E-state index contributed by atoms with van der Waals surface area (Å²) in [5.41, 5.74) is 2.72. The van der Waals surface area contributed by atoms with Crippen molar-refractivity contribution in [2.24, 2.45) is 5.92 Å². The van der Waals surface area contributed by atoms with Crippen molar-refractivity contribution < 1.29 is 9.84 Å². The molecule has 3 N–H and O–H groups in total. The molecule has 0 spiro atoms. The fourth-order valence-electron chi connectivity index (χ4n) is 4.14. The van der Waals surface area contributed by atoms with Crippen molar-refractivity contribution in [1.29, 1.82) is 0 Å². The molecular formula is C23H25N3O3. The summed E-state index contributed by atoms with van der Waals surface area (Å²) < 4.78 is 6.03. The molecule has 6 nitrogen and oxygen atoms in total. The molecule has 1 saturated heterocycles. The van der Waals surface area contributed by atoms with E-state index in [9.17, 15) is 9.90 Å². The van der Waals surface area contributed by atoms with Crippen LogP contribution in [0.4, 0.5) is 0 Å². The number of fused-ring (bicyclic) bond motifs is 1. The van der Waals surface area contributed by atoms with Crippen molar-refractivity contribution in [3.05, 3.63) is 52.3 Å². The van der Waals surface area contributed by atoms with Gasteiger partial charge in [0.25, 0.3) is 0 Å². The van der Waals surface area contributed by atoms with Crippen LogP contribution in [0.15, 0.2) is 41.2 Å². The van der Waals surface area contributed by atoms with Gasteiger partial charge in [0.2, 0.25) is 5.56 Å². The summed E-state index contributed by atoms with van der Waals surface area (Å²) >= 11 is 0. The third kappa shape index (κ3) is 3.72. The lowest BCUT2D eigenvalue weighted by atomic mass is 9.89. The molecule has 3 aromatic rings. The van der Waals surface area contributed by atoms with Gasteiger partial charge in [-0.25, -0.2) is 4.98 Å². The van der Waals surface area contributed by atoms with E-state index in [-0.39, 0.29) is 11.3 Å². The summed E-state index contributed by atoms with van der Waals surface area (Å²) in [7, 11) is 0. The van der Waals surface area contributed by atoms with Crippen LogP contribution < -0.4 is 15.6 Å². The molecule has 6 heteroatoms. The predicted octanol–water partition coefficient (Wildman–Crippen LogP) is 3.55. The Kier molecular flexibility index (Phi) is 4.72. The van der Waals surface area contributed by atoms with Gasteiger partial charge in [-0.05, 0) is 73.9 Å². The summed E-state index contributed by atoms with van der Waals surface area (Å²) in [4.78, 5) is 19.5. The van der Waals surface area contributed by atoms with Gasteiger partial charge >= 0.3 is 0 Å². The van der Waals surface area contributed by atoms with E-state index in [0.29, 0.717) is 41.1 Å². The van der Waals surface area contributed by atoms with Gasteiger partial charge in [0.15, 0.2) is 0 Å². The molecule has 1 atom stereocenters. The van der Waals surface area contributed by atoms with Gasteiger partial charge in [-0.1, -0.05) is 6.07 Å². The van der Waals surface area contributed by atoms with Crippen LogP contribution in [0.5, 0.6) is 11.5 Å². The van der Waals surface area contributed by atoms with Crippen LogP contribution >= 0.6 is 0 Å². The Morgan fingerprint density at radius 1 is 1.17 bits per heavy atom. The first-order valence-electron chi connectivity index (χ1n) is 10.4. The third-order valence-electron chi connectivity index (χ3n) is 5.90. The number of piperidine rings is 1. The van der Waals surface area contributed by atoms with Gasteiger partial charge in [-0.2, -0.15) is 0 Å². The number of benzene rings is 1. The van der Waals surface area contributed by atoms with Crippen LogP contribution in [0.25, 0.3) is 22.3 Å². The van der Waals surface area contributed by atoms with Gasteiger partial charge in [-0.15, -0.1) is 0 Å². The first-order valence-corrected chi connectivity index (χ1v) is 10.4. The molecule has 1 saturated carbocycles. The number of nitrogens with one attached hydrogen (secondary N) is 2. The highest BCUT2D eigenvalue weighted by Crippen LogP contribution is 2.40. The molecule has 1 aliphatic heterocycles. The Morgan fingerprint density at radius 2 is 2.07 bits per heavy atom. The normalized spacial score (nSPS) is 19.4. The highest BCUT2D eigenvalue weighted by atomic mass is 16.5. The zero-order chi connectivity index (χ0) is 19.8. The second kappa shape index (κ2) is 7.52. The van der Waals surface area contributed by atoms with Gasteiger partial charge in [0.05, 0.1) is 17.9 Å². The molecule has 1 aliphatic carbocycles. The molecule has 1 aromatic carbocycles. The van der Waals surface area contributed by atoms with Crippen molar-refractivity contribution in [2.75, 3.05) is 19.7 Å². The maximum Gasteiger partial charge on any atom is 0.249 e. The molecule has 2 fully saturated rings. The lowest BCUT2D eigenvalue weighted by Gasteiger charge is -2.25. The van der Waals surface area contributed by atoms with Crippen LogP contribution in [0.3, 0.4) is 0 Å². The van der Waals surface area contributed by atoms with Gasteiger partial charge in [0.1, 0.15) is 17.1 Å². The maximum atomic E-state index is 12.0. The largest absolute Gasteiger partial charge is 0.507 e. The van der Waals surface area contributed by atoms with E-state index in [4.69, 9.17) is 9.72 Å². The zero-order valence-electron chi connectivity index (χ0n) is 16.3. The number of aromatic hydroxyl groups is 1. The van der Waals surface area contributed by atoms with E-state index < -0.39 is 0 Å². The topological polar surface area (TPSA) is 87.2 Å². The average molecular weight is 391 g/mol. The number of nitrogens with zero attached hydrogens (tertiary/aromatic N) is 1. The number of hydrogen-bond donors (Lipinski definition) is 3. The van der Waals surface area contributed by atoms with E-state index in [1.165, 1.54) is 12.8 Å². The molecule has 1 unspecified atom stereocenters. The van der Waals surface area contributed by atoms with Crippen molar-refractivity contribution in [2.45, 2.75) is 31.6 Å². The van der Waals surface area contributed by atoms with E-state index in [2.05, 4.69) is 16.4 Å². The molecule has 0 bridgehead atoms. The van der Waals surface area contributed by atoms with Crippen LogP contribution in [0, 0.1) is 5.92 Å². The summed E-state index contributed by atoms with van der Waals surface area (Å²) in [6.07, 6.45) is 4.58. The highest BCUT2D eigenvalue weighted by molar-refractivity contribution is 5.85. The maximum absolute atomic E-state index is 12.0. The van der Waals surface area contributed by atoms with Crippen molar-refractivity contribution in [3.63, 3.8) is 0 Å². The Hall–Kier alpha value is -2.86. The summed E-state index contributed by atoms with van der Waals surface area (Å²) in [6.45, 7) is 2.57. The first kappa shape index (κ1) is 18.2. The summed E-state index contributed by atoms with van der Waals surface area (Å²) in [5.74, 6) is 1.71. The minimum atomic E-state index is -0.183. The van der Waals surface area contributed by atoms with E-state index in [1.807, 2.05) is 12.1 Å². The number of pyridine rings is 2. The summed E-state index contributed by atoms with van der Waals surface area (Å²) in [5, 5.41) is 15.1. The fourth-order valence-corrected chi connectivity index (χ4v) is 4.14. The molecule has 3 heterocycles. The Labute approximate surface area is 169 Å². The van der Waals surface area contributed by atoms with Crippen molar-refractivity contribution >= 4 is 11.0 Å². The minimum absolute atomic E-state index is 0.135. The molecule has 2 aliphatic rings. The van der Waals surface area contributed by atoms with Gasteiger partial charge < -0.3 is 20.1 Å². The van der Waals surface area contributed by atoms with Crippen LogP contribution in [0.2, 0.25) is 0 Å². The van der Waals surface area contributed by atoms with Crippen LogP contribution in [0.1, 0.15) is 37.2 Å². The molecule has 2 aromatic heterocycles. The van der Waals surface area contributed by atoms with E-state index >= 15 is 0 Å². The third-order valence-corrected chi connectivity index (χ3v) is 5.90. The second-order valence-corrected chi connectivity index (χ2v) is 8.13. The Balaban J connectivity index is 1.66. The standard InChI is InChI=1S/C23H25N3O3/c27-19-4-1-5-20(29-13-14-6-7-14)22(19)18-11-17(15-3-2-10-24-12-15)16-8-9-21(28)26-23(16)25-18/h1,4-5,8-9,11,14-15,24,27H,2-3,6-7,10,12-13H2,(H,25,26,28). The number of aromatic nitrogens is 2.